The Morgan fingerprint density at radius 1 is 1.00 bits per heavy atom. The second-order valence-corrected chi connectivity index (χ2v) is 9.17. The molecule has 0 saturated carbocycles. The lowest BCUT2D eigenvalue weighted by atomic mass is 9.73. The second kappa shape index (κ2) is 7.32. The van der Waals surface area contributed by atoms with Crippen LogP contribution in [0.3, 0.4) is 0 Å². The Labute approximate surface area is 153 Å². The van der Waals surface area contributed by atoms with Gasteiger partial charge in [0, 0.05) is 26.2 Å². The third kappa shape index (κ3) is 4.48. The largest absolute Gasteiger partial charge is 0.486 e. The van der Waals surface area contributed by atoms with Gasteiger partial charge < -0.3 is 19.4 Å². The molecule has 0 amide bonds. The van der Waals surface area contributed by atoms with Gasteiger partial charge in [-0.2, -0.15) is 5.06 Å². The number of rotatable bonds is 4. The van der Waals surface area contributed by atoms with Crippen LogP contribution in [0.15, 0.2) is 12.1 Å². The van der Waals surface area contributed by atoms with Crippen LogP contribution >= 0.6 is 0 Å². The molecule has 0 aromatic rings. The van der Waals surface area contributed by atoms with Crippen LogP contribution in [0, 0.1) is 5.41 Å². The van der Waals surface area contributed by atoms with Gasteiger partial charge in [-0.25, -0.2) is 0 Å². The molecule has 1 spiro atoms. The summed E-state index contributed by atoms with van der Waals surface area (Å²) in [5, 5.41) is 11.1. The van der Waals surface area contributed by atoms with Crippen molar-refractivity contribution in [1.82, 2.24) is 9.96 Å². The summed E-state index contributed by atoms with van der Waals surface area (Å²) in [6.07, 6.45) is 8.10. The van der Waals surface area contributed by atoms with Crippen molar-refractivity contribution in [2.75, 3.05) is 32.7 Å². The van der Waals surface area contributed by atoms with Gasteiger partial charge in [0.05, 0.1) is 11.2 Å². The summed E-state index contributed by atoms with van der Waals surface area (Å²) in [5.41, 5.74) is -0.0847. The molecular weight excluding hydrogens is 315 g/mol. The molecule has 142 valence electrons. The van der Waals surface area contributed by atoms with Crippen molar-refractivity contribution in [2.45, 2.75) is 71.0 Å². The molecule has 3 rings (SSSR count). The number of hydrogen-bond acceptors (Lipinski definition) is 5. The Morgan fingerprint density at radius 3 is 2.28 bits per heavy atom. The van der Waals surface area contributed by atoms with E-state index in [1.807, 2.05) is 0 Å². The van der Waals surface area contributed by atoms with Crippen LogP contribution < -0.4 is 0 Å². The number of nitrogens with zero attached hydrogens (tertiary/aromatic N) is 2. The summed E-state index contributed by atoms with van der Waals surface area (Å²) in [6, 6.07) is 0. The Hall–Kier alpha value is -0.395. The molecular formula is C19H35BN2O3. The molecule has 5 nitrogen and oxygen atoms in total. The molecule has 0 aliphatic carbocycles. The van der Waals surface area contributed by atoms with Crippen molar-refractivity contribution >= 4 is 7.12 Å². The summed E-state index contributed by atoms with van der Waals surface area (Å²) in [5.74, 6) is 2.07. The minimum atomic E-state index is -0.261. The highest BCUT2D eigenvalue weighted by Crippen LogP contribution is 2.39. The summed E-state index contributed by atoms with van der Waals surface area (Å²) in [7, 11) is -0.230. The topological polar surface area (TPSA) is 45.2 Å². The average molecular weight is 350 g/mol. The van der Waals surface area contributed by atoms with Gasteiger partial charge in [0.25, 0.3) is 0 Å². The zero-order chi connectivity index (χ0) is 18.1. The number of piperidine rings is 2. The average Bonchev–Trinajstić information content (AvgIpc) is 2.75. The van der Waals surface area contributed by atoms with Gasteiger partial charge in [-0.05, 0) is 71.8 Å². The fraction of sp³-hybridized carbons (Fsp3) is 0.895. The maximum Gasteiger partial charge on any atom is 0.486 e. The van der Waals surface area contributed by atoms with Crippen LogP contribution in [-0.2, 0) is 9.31 Å². The molecule has 0 aromatic heterocycles. The molecule has 0 aromatic carbocycles. The van der Waals surface area contributed by atoms with E-state index in [9.17, 15) is 5.21 Å². The molecule has 3 aliphatic rings. The summed E-state index contributed by atoms with van der Waals surface area (Å²) >= 11 is 0. The third-order valence-corrected chi connectivity index (χ3v) is 6.72. The number of hydroxylamine groups is 2. The third-order valence-electron chi connectivity index (χ3n) is 6.72. The molecule has 0 bridgehead atoms. The monoisotopic (exact) mass is 350 g/mol. The van der Waals surface area contributed by atoms with E-state index in [-0.39, 0.29) is 18.3 Å². The van der Waals surface area contributed by atoms with Gasteiger partial charge >= 0.3 is 7.12 Å². The van der Waals surface area contributed by atoms with Crippen LogP contribution in [0.1, 0.15) is 59.8 Å². The zero-order valence-electron chi connectivity index (χ0n) is 16.5. The fourth-order valence-corrected chi connectivity index (χ4v) is 4.31. The lowest BCUT2D eigenvalue weighted by Gasteiger charge is -2.46. The minimum Gasteiger partial charge on any atom is -0.400 e. The van der Waals surface area contributed by atoms with Crippen molar-refractivity contribution in [1.29, 1.82) is 0 Å². The van der Waals surface area contributed by atoms with Gasteiger partial charge in [-0.1, -0.05) is 12.1 Å². The molecule has 3 aliphatic heterocycles. The Morgan fingerprint density at radius 2 is 1.64 bits per heavy atom. The van der Waals surface area contributed by atoms with Crippen molar-refractivity contribution in [2.24, 2.45) is 5.41 Å². The normalized spacial score (nSPS) is 29.7. The highest BCUT2D eigenvalue weighted by molar-refractivity contribution is 6.51. The summed E-state index contributed by atoms with van der Waals surface area (Å²) in [4.78, 5) is 2.60. The maximum absolute atomic E-state index is 9.63. The van der Waals surface area contributed by atoms with Crippen LogP contribution in [0.4, 0.5) is 0 Å². The van der Waals surface area contributed by atoms with Crippen molar-refractivity contribution in [3.63, 3.8) is 0 Å². The predicted octanol–water partition coefficient (Wildman–Crippen LogP) is 3.13. The Bertz CT molecular complexity index is 471. The molecule has 6 heteroatoms. The first-order chi connectivity index (χ1) is 11.7. The van der Waals surface area contributed by atoms with Crippen LogP contribution in [0.25, 0.3) is 0 Å². The van der Waals surface area contributed by atoms with E-state index in [0.29, 0.717) is 5.41 Å². The first kappa shape index (κ1) is 19.4. The van der Waals surface area contributed by atoms with E-state index >= 15 is 0 Å². The van der Waals surface area contributed by atoms with E-state index in [0.717, 1.165) is 38.9 Å². The van der Waals surface area contributed by atoms with E-state index in [4.69, 9.17) is 9.31 Å². The predicted molar refractivity (Wildman–Crippen MR) is 101 cm³/mol. The van der Waals surface area contributed by atoms with Gasteiger partial charge in [0.1, 0.15) is 0 Å². The molecule has 3 saturated heterocycles. The molecule has 25 heavy (non-hydrogen) atoms. The molecule has 3 fully saturated rings. The fourth-order valence-electron chi connectivity index (χ4n) is 4.31. The van der Waals surface area contributed by atoms with Gasteiger partial charge in [0.2, 0.25) is 0 Å². The molecule has 0 atom stereocenters. The van der Waals surface area contributed by atoms with Gasteiger partial charge in [-0.3, -0.25) is 0 Å². The van der Waals surface area contributed by atoms with Gasteiger partial charge in [-0.15, -0.1) is 0 Å². The number of likely N-dealkylation sites (tertiary alicyclic amines) is 1. The lowest BCUT2D eigenvalue weighted by Crippen LogP contribution is -2.49. The van der Waals surface area contributed by atoms with Crippen molar-refractivity contribution < 1.29 is 14.5 Å². The SMILES string of the molecule is CC1(C)OB(/C=C/CCN2CCCC3(CCN(O)CC3)C2)OC1(C)C. The zero-order valence-corrected chi connectivity index (χ0v) is 16.5. The quantitative estimate of drug-likeness (QED) is 0.790. The highest BCUT2D eigenvalue weighted by atomic mass is 16.7. The standard InChI is InChI=1S/C19H35BN2O3/c1-17(2)18(3,4)25-20(24-17)11-5-6-12-21-13-7-8-19(16-21)9-14-22(23)15-10-19/h5,11,23H,6-10,12-16H2,1-4H3/b11-5+. The number of hydrogen-bond donors (Lipinski definition) is 1. The summed E-state index contributed by atoms with van der Waals surface area (Å²) in [6.45, 7) is 13.5. The molecule has 3 heterocycles. The maximum atomic E-state index is 9.63. The van der Waals surface area contributed by atoms with Crippen molar-refractivity contribution in [3.05, 3.63) is 12.1 Å². The smallest absolute Gasteiger partial charge is 0.400 e. The Balaban J connectivity index is 1.43. The van der Waals surface area contributed by atoms with Crippen LogP contribution in [0.5, 0.6) is 0 Å². The van der Waals surface area contributed by atoms with E-state index in [1.54, 1.807) is 0 Å². The first-order valence-corrected chi connectivity index (χ1v) is 9.90. The molecule has 1 N–H and O–H groups in total. The minimum absolute atomic E-state index is 0.230. The van der Waals surface area contributed by atoms with E-state index < -0.39 is 0 Å². The highest BCUT2D eigenvalue weighted by Gasteiger charge is 2.50. The molecule has 0 radical (unpaired) electrons. The molecule has 0 unspecified atom stereocenters. The van der Waals surface area contributed by atoms with E-state index in [1.165, 1.54) is 31.0 Å². The van der Waals surface area contributed by atoms with Crippen molar-refractivity contribution in [3.8, 4) is 0 Å². The second-order valence-electron chi connectivity index (χ2n) is 9.17. The lowest BCUT2D eigenvalue weighted by molar-refractivity contribution is -0.134. The summed E-state index contributed by atoms with van der Waals surface area (Å²) < 4.78 is 12.0. The van der Waals surface area contributed by atoms with Gasteiger partial charge in [0.15, 0.2) is 0 Å². The van der Waals surface area contributed by atoms with Crippen LogP contribution in [0.2, 0.25) is 0 Å². The first-order valence-electron chi connectivity index (χ1n) is 9.90. The van der Waals surface area contributed by atoms with Crippen LogP contribution in [-0.4, -0.2) is 66.2 Å². The van der Waals surface area contributed by atoms with E-state index in [2.05, 4.69) is 44.6 Å². The Kier molecular flexibility index (Phi) is 5.67.